The number of aliphatic imine (C=N–C) groups is 2. The van der Waals surface area contributed by atoms with Gasteiger partial charge in [0.05, 0.1) is 68.4 Å². The van der Waals surface area contributed by atoms with E-state index in [9.17, 15) is 24.0 Å². The monoisotopic (exact) mass is 935 g/mol. The number of thioether (sulfide) groups is 1. The highest BCUT2D eigenvalue weighted by atomic mass is 32.2. The molecule has 5 aromatic carbocycles. The zero-order valence-corrected chi connectivity index (χ0v) is 38.0. The van der Waals surface area contributed by atoms with Crippen LogP contribution in [0.5, 0.6) is 23.0 Å². The van der Waals surface area contributed by atoms with E-state index in [-0.39, 0.29) is 69.6 Å². The Hall–Kier alpha value is -7.50. The van der Waals surface area contributed by atoms with Crippen LogP contribution >= 0.6 is 11.8 Å². The maximum atomic E-state index is 14.0. The molecule has 5 aliphatic heterocycles. The molecule has 0 aliphatic carbocycles. The molecular weight excluding hydrogens is 891 g/mol. The molecule has 1 saturated heterocycles. The number of para-hydroxylation sites is 2. The third kappa shape index (κ3) is 8.77. The highest BCUT2D eigenvalue weighted by Gasteiger charge is 2.38. The first-order chi connectivity index (χ1) is 33.1. The minimum Gasteiger partial charge on any atom is -0.493 e. The van der Waals surface area contributed by atoms with Crippen LogP contribution in [0.2, 0.25) is 0 Å². The molecule has 5 heterocycles. The van der Waals surface area contributed by atoms with E-state index in [1.807, 2.05) is 79.2 Å². The molecule has 16 nitrogen and oxygen atoms in total. The molecule has 0 aromatic heterocycles. The fourth-order valence-electron chi connectivity index (χ4n) is 8.96. The lowest BCUT2D eigenvalue weighted by atomic mass is 10.1. The van der Waals surface area contributed by atoms with Gasteiger partial charge >= 0.3 is 5.97 Å². The van der Waals surface area contributed by atoms with E-state index in [0.717, 1.165) is 38.5 Å². The number of hydrogen-bond acceptors (Lipinski definition) is 14. The van der Waals surface area contributed by atoms with Gasteiger partial charge in [0.1, 0.15) is 13.2 Å². The van der Waals surface area contributed by atoms with E-state index in [1.165, 1.54) is 26.0 Å². The number of nitrogens with zero attached hydrogens (tertiary/aromatic N) is 5. The van der Waals surface area contributed by atoms with Crippen molar-refractivity contribution in [2.45, 2.75) is 62.3 Å². The molecule has 0 radical (unpaired) electrons. The number of hydroxylamine groups is 2. The number of fused-ring (bicyclic) bond motifs is 8. The van der Waals surface area contributed by atoms with Crippen molar-refractivity contribution in [1.82, 2.24) is 5.06 Å². The number of hydrogen-bond donors (Lipinski definition) is 0. The number of ether oxygens (including phenoxy) is 5. The standard InChI is InChI=1S/C51H45N5O11S/c1-62-43-22-37-39(52-26-34-20-32-7-3-5-9-41(32)54(34)50(37)60)24-45(43)65-28-30-17-31(19-36(18-30)68-16-15-64-14-13-49(59)67-56-47(57)11-12-48(56)58)29-66-46-25-40-38(23-44(46)63-2)51(61)55-35(27-53-40)21-33-8-4-6-10-42(33)55/h3-10,17-19,22-27,34-35H,11-16,20-21,28-29H2,1-2H3/t34-,35-/m0/s1. The fraction of sp³-hybridized carbons (Fsp3) is 0.275. The minimum absolute atomic E-state index is 0.0187. The van der Waals surface area contributed by atoms with E-state index in [2.05, 4.69) is 0 Å². The van der Waals surface area contributed by atoms with Crippen molar-refractivity contribution in [2.24, 2.45) is 9.98 Å². The number of amides is 4. The van der Waals surface area contributed by atoms with Gasteiger partial charge in [0.15, 0.2) is 23.0 Å². The van der Waals surface area contributed by atoms with Gasteiger partial charge in [-0.3, -0.25) is 39.0 Å². The van der Waals surface area contributed by atoms with Crippen LogP contribution in [-0.2, 0) is 50.0 Å². The lowest BCUT2D eigenvalue weighted by Crippen LogP contribution is -2.37. The molecule has 1 fully saturated rings. The second-order valence-electron chi connectivity index (χ2n) is 16.6. The largest absolute Gasteiger partial charge is 0.493 e. The Morgan fingerprint density at radius 1 is 0.647 bits per heavy atom. The quantitative estimate of drug-likeness (QED) is 0.0541. The van der Waals surface area contributed by atoms with Gasteiger partial charge in [-0.15, -0.1) is 16.8 Å². The molecule has 17 heteroatoms. The summed E-state index contributed by atoms with van der Waals surface area (Å²) in [5, 5.41) is 0.523. The van der Waals surface area contributed by atoms with E-state index >= 15 is 0 Å². The van der Waals surface area contributed by atoms with Gasteiger partial charge < -0.3 is 28.5 Å². The van der Waals surface area contributed by atoms with Gasteiger partial charge in [-0.05, 0) is 64.7 Å². The van der Waals surface area contributed by atoms with E-state index in [1.54, 1.807) is 34.1 Å². The first-order valence-electron chi connectivity index (χ1n) is 22.2. The Kier molecular flexibility index (Phi) is 12.4. The minimum atomic E-state index is -0.732. The molecule has 346 valence electrons. The average molecular weight is 936 g/mol. The molecule has 5 aliphatic rings. The first kappa shape index (κ1) is 44.3. The van der Waals surface area contributed by atoms with Crippen LogP contribution in [0.3, 0.4) is 0 Å². The predicted octanol–water partition coefficient (Wildman–Crippen LogP) is 7.54. The summed E-state index contributed by atoms with van der Waals surface area (Å²) in [5.74, 6) is -0.0370. The van der Waals surface area contributed by atoms with Crippen molar-refractivity contribution in [2.75, 3.05) is 43.0 Å². The average Bonchev–Trinajstić information content (AvgIpc) is 3.97. The van der Waals surface area contributed by atoms with Crippen molar-refractivity contribution in [1.29, 1.82) is 0 Å². The molecule has 4 amide bonds. The summed E-state index contributed by atoms with van der Waals surface area (Å²) in [6.07, 6.45) is 4.88. The Bertz CT molecular complexity index is 2760. The molecule has 0 N–H and O–H groups in total. The third-order valence-electron chi connectivity index (χ3n) is 12.2. The smallest absolute Gasteiger partial charge is 0.335 e. The lowest BCUT2D eigenvalue weighted by Gasteiger charge is -2.22. The Labute approximate surface area is 395 Å². The van der Waals surface area contributed by atoms with Crippen molar-refractivity contribution in [3.05, 3.63) is 124 Å². The van der Waals surface area contributed by atoms with Gasteiger partial charge in [-0.25, -0.2) is 4.79 Å². The highest BCUT2D eigenvalue weighted by molar-refractivity contribution is 7.99. The topological polar surface area (TPSA) is 175 Å². The Morgan fingerprint density at radius 2 is 1.16 bits per heavy atom. The SMILES string of the molecule is COc1cc2c(cc1OCc1cc(COc3cc4c(cc3OC)C(=O)N3c5ccccc5C[C@H]3C=N4)cc(SCCOCCC(=O)ON3C(=O)CCC3=O)c1)N=C[C@@H]1Cc3ccccc3N1C2=O. The normalized spacial score (nSPS) is 17.5. The molecular formula is C51H45N5O11S. The summed E-state index contributed by atoms with van der Waals surface area (Å²) < 4.78 is 30.1. The number of imide groups is 1. The number of methoxy groups -OCH3 is 2. The van der Waals surface area contributed by atoms with Crippen LogP contribution in [0, 0.1) is 0 Å². The zero-order chi connectivity index (χ0) is 46.9. The lowest BCUT2D eigenvalue weighted by molar-refractivity contribution is -0.198. The van der Waals surface area contributed by atoms with Crippen molar-refractivity contribution in [3.63, 3.8) is 0 Å². The summed E-state index contributed by atoms with van der Waals surface area (Å²) in [4.78, 5) is 82.8. The number of benzene rings is 5. The zero-order valence-electron chi connectivity index (χ0n) is 37.2. The number of carbonyl (C=O) groups is 5. The number of carbonyl (C=O) groups excluding carboxylic acids is 5. The van der Waals surface area contributed by atoms with Gasteiger partial charge in [0.2, 0.25) is 0 Å². The molecule has 5 aromatic rings. The van der Waals surface area contributed by atoms with Crippen molar-refractivity contribution in [3.8, 4) is 23.0 Å². The summed E-state index contributed by atoms with van der Waals surface area (Å²) in [5.41, 5.74) is 7.32. The second kappa shape index (κ2) is 19.0. The summed E-state index contributed by atoms with van der Waals surface area (Å²) in [6, 6.07) is 28.1. The van der Waals surface area contributed by atoms with Crippen molar-refractivity contribution < 1.29 is 52.5 Å². The maximum absolute atomic E-state index is 14.0. The summed E-state index contributed by atoms with van der Waals surface area (Å²) in [6.45, 7) is 0.571. The molecule has 0 spiro atoms. The van der Waals surface area contributed by atoms with Crippen LogP contribution in [0.15, 0.2) is 106 Å². The number of anilines is 2. The Balaban J connectivity index is 0.856. The van der Waals surface area contributed by atoms with Crippen LogP contribution in [0.4, 0.5) is 22.7 Å². The van der Waals surface area contributed by atoms with E-state index < -0.39 is 17.8 Å². The molecule has 0 bridgehead atoms. The molecule has 10 rings (SSSR count). The van der Waals surface area contributed by atoms with Gasteiger partial charge in [-0.2, -0.15) is 0 Å². The summed E-state index contributed by atoms with van der Waals surface area (Å²) in [7, 11) is 3.06. The molecule has 68 heavy (non-hydrogen) atoms. The number of rotatable bonds is 16. The second-order valence-corrected chi connectivity index (χ2v) is 17.7. The molecule has 2 atom stereocenters. The fourth-order valence-corrected chi connectivity index (χ4v) is 9.87. The molecule has 0 saturated carbocycles. The third-order valence-corrected chi connectivity index (χ3v) is 13.2. The van der Waals surface area contributed by atoms with Gasteiger partial charge in [0.25, 0.3) is 23.6 Å². The predicted molar refractivity (Wildman–Crippen MR) is 252 cm³/mol. The van der Waals surface area contributed by atoms with Gasteiger partial charge in [0, 0.05) is 72.3 Å². The van der Waals surface area contributed by atoms with Crippen LogP contribution in [-0.4, -0.2) is 92.4 Å². The van der Waals surface area contributed by atoms with Crippen LogP contribution in [0.25, 0.3) is 0 Å². The van der Waals surface area contributed by atoms with E-state index in [4.69, 9.17) is 38.5 Å². The first-order valence-corrected chi connectivity index (χ1v) is 23.1. The van der Waals surface area contributed by atoms with Crippen LogP contribution in [0.1, 0.15) is 62.2 Å². The van der Waals surface area contributed by atoms with E-state index in [0.29, 0.717) is 69.2 Å². The maximum Gasteiger partial charge on any atom is 0.335 e. The Morgan fingerprint density at radius 3 is 1.68 bits per heavy atom. The molecule has 0 unspecified atom stereocenters. The van der Waals surface area contributed by atoms with Gasteiger partial charge in [-0.1, -0.05) is 36.4 Å². The van der Waals surface area contributed by atoms with Crippen LogP contribution < -0.4 is 28.7 Å². The summed E-state index contributed by atoms with van der Waals surface area (Å²) >= 11 is 1.52. The van der Waals surface area contributed by atoms with Crippen molar-refractivity contribution >= 4 is 76.5 Å². The highest BCUT2D eigenvalue weighted by Crippen LogP contribution is 2.43.